The van der Waals surface area contributed by atoms with Crippen molar-refractivity contribution < 1.29 is 53.4 Å². The lowest BCUT2D eigenvalue weighted by atomic mass is 9.42. The van der Waals surface area contributed by atoms with Crippen molar-refractivity contribution in [3.63, 3.8) is 0 Å². The summed E-state index contributed by atoms with van der Waals surface area (Å²) in [7, 11) is 0. The molecule has 0 aromatic rings. The fraction of sp³-hybridized carbons (Fsp3) is 0.839. The van der Waals surface area contributed by atoms with Gasteiger partial charge >= 0.3 is 11.9 Å². The van der Waals surface area contributed by atoms with Crippen LogP contribution in [0.1, 0.15) is 72.1 Å². The van der Waals surface area contributed by atoms with Crippen LogP contribution in [0.5, 0.6) is 0 Å². The number of rotatable bonds is 3. The van der Waals surface area contributed by atoms with Gasteiger partial charge in [-0.2, -0.15) is 0 Å². The Balaban J connectivity index is 1.21. The number of carbonyl (C=O) groups excluding carboxylic acids is 3. The number of aldehydes is 1. The van der Waals surface area contributed by atoms with Crippen molar-refractivity contribution in [2.75, 3.05) is 6.61 Å². The second-order valence-electron chi connectivity index (χ2n) is 14.3. The average Bonchev–Trinajstić information content (AvgIpc) is 3.43. The summed E-state index contributed by atoms with van der Waals surface area (Å²) in [4.78, 5) is 37.5. The van der Waals surface area contributed by atoms with E-state index in [1.807, 2.05) is 13.8 Å². The number of cyclic esters (lactones) is 1. The highest BCUT2D eigenvalue weighted by molar-refractivity contribution is 5.85. The van der Waals surface area contributed by atoms with Gasteiger partial charge in [0.1, 0.15) is 25.1 Å². The van der Waals surface area contributed by atoms with E-state index in [1.54, 1.807) is 0 Å². The van der Waals surface area contributed by atoms with Crippen molar-refractivity contribution in [2.45, 2.75) is 120 Å². The lowest BCUT2D eigenvalue weighted by Crippen LogP contribution is -2.71. The first-order valence-electron chi connectivity index (χ1n) is 15.5. The van der Waals surface area contributed by atoms with E-state index in [9.17, 15) is 29.7 Å². The lowest BCUT2D eigenvalue weighted by molar-refractivity contribution is -0.457. The molecule has 11 heteroatoms. The van der Waals surface area contributed by atoms with Crippen LogP contribution in [-0.4, -0.2) is 88.3 Å². The monoisotopic (exact) mass is 590 g/mol. The molecule has 0 bridgehead atoms. The Morgan fingerprint density at radius 1 is 1.10 bits per heavy atom. The van der Waals surface area contributed by atoms with Gasteiger partial charge in [0.05, 0.1) is 23.9 Å². The van der Waals surface area contributed by atoms with Crippen molar-refractivity contribution in [1.29, 1.82) is 0 Å². The Morgan fingerprint density at radius 3 is 2.57 bits per heavy atom. The quantitative estimate of drug-likeness (QED) is 0.249. The van der Waals surface area contributed by atoms with Crippen molar-refractivity contribution in [3.8, 4) is 0 Å². The van der Waals surface area contributed by atoms with Gasteiger partial charge in [-0.05, 0) is 68.8 Å². The third kappa shape index (κ3) is 3.83. The van der Waals surface area contributed by atoms with Crippen LogP contribution in [0.2, 0.25) is 0 Å². The first-order valence-corrected chi connectivity index (χ1v) is 15.5. The molecule has 232 valence electrons. The van der Waals surface area contributed by atoms with Crippen LogP contribution in [0.15, 0.2) is 11.6 Å². The summed E-state index contributed by atoms with van der Waals surface area (Å²) in [6.07, 6.45) is 2.19. The zero-order valence-electron chi connectivity index (χ0n) is 24.4. The third-order valence-electron chi connectivity index (χ3n) is 12.4. The smallest absolute Gasteiger partial charge is 0.331 e. The SMILES string of the molecule is CC(=O)O[C@H]1C[C@]2(O)[C@H]3CC[C@H]4C[C@@H]5O[C@@H]6O[C@@H](C)C[C@H](O)[C@]6(O)O[C@@H]5C[C@@]4(C=O)[C@H]3CC[C@@]2(C)[C@@H]1C1=CC(=O)OC1. The zero-order chi connectivity index (χ0) is 29.8. The van der Waals surface area contributed by atoms with Crippen LogP contribution < -0.4 is 0 Å². The summed E-state index contributed by atoms with van der Waals surface area (Å²) in [6, 6.07) is 0. The molecule has 2 saturated heterocycles. The normalized spacial score (nSPS) is 54.7. The fourth-order valence-electron chi connectivity index (χ4n) is 10.6. The van der Waals surface area contributed by atoms with Gasteiger partial charge in [-0.15, -0.1) is 0 Å². The van der Waals surface area contributed by atoms with Gasteiger partial charge in [-0.3, -0.25) is 4.79 Å². The molecule has 4 aliphatic carbocycles. The van der Waals surface area contributed by atoms with Gasteiger partial charge in [0.25, 0.3) is 0 Å². The van der Waals surface area contributed by atoms with Gasteiger partial charge in [0.15, 0.2) is 0 Å². The third-order valence-corrected chi connectivity index (χ3v) is 12.4. The molecule has 0 unspecified atom stereocenters. The number of carbonyl (C=O) groups is 3. The summed E-state index contributed by atoms with van der Waals surface area (Å²) < 4.78 is 29.3. The molecule has 0 spiro atoms. The predicted octanol–water partition coefficient (Wildman–Crippen LogP) is 1.54. The molecule has 3 aliphatic heterocycles. The van der Waals surface area contributed by atoms with E-state index in [0.29, 0.717) is 38.5 Å². The number of ether oxygens (including phenoxy) is 5. The molecular weight excluding hydrogens is 548 g/mol. The van der Waals surface area contributed by atoms with Crippen LogP contribution in [0.4, 0.5) is 0 Å². The van der Waals surface area contributed by atoms with E-state index in [1.165, 1.54) is 13.0 Å². The number of fused-ring (bicyclic) bond motifs is 7. The van der Waals surface area contributed by atoms with Gasteiger partial charge in [-0.1, -0.05) is 6.92 Å². The minimum absolute atomic E-state index is 0.00350. The van der Waals surface area contributed by atoms with Gasteiger partial charge in [0.2, 0.25) is 12.1 Å². The van der Waals surface area contributed by atoms with E-state index in [0.717, 1.165) is 11.9 Å². The van der Waals surface area contributed by atoms with Gasteiger partial charge < -0.3 is 43.8 Å². The molecule has 3 N–H and O–H groups in total. The molecule has 0 radical (unpaired) electrons. The lowest BCUT2D eigenvalue weighted by Gasteiger charge is -2.64. The highest BCUT2D eigenvalue weighted by atomic mass is 16.8. The number of hydrogen-bond donors (Lipinski definition) is 3. The molecule has 0 aromatic carbocycles. The maximum atomic E-state index is 13.3. The number of aliphatic hydroxyl groups is 3. The highest BCUT2D eigenvalue weighted by Crippen LogP contribution is 2.70. The molecule has 6 fully saturated rings. The maximum Gasteiger partial charge on any atom is 0.331 e. The molecule has 7 aliphatic rings. The number of hydrogen-bond acceptors (Lipinski definition) is 11. The maximum absolute atomic E-state index is 13.3. The summed E-state index contributed by atoms with van der Waals surface area (Å²) >= 11 is 0. The molecular formula is C31H42O11. The van der Waals surface area contributed by atoms with E-state index in [4.69, 9.17) is 23.7 Å². The number of aliphatic hydroxyl groups excluding tert-OH is 1. The van der Waals surface area contributed by atoms with Crippen LogP contribution in [-0.2, 0) is 38.1 Å². The molecule has 0 amide bonds. The summed E-state index contributed by atoms with van der Waals surface area (Å²) in [5.41, 5.74) is -2.03. The topological polar surface area (TPSA) is 158 Å². The second kappa shape index (κ2) is 9.55. The van der Waals surface area contributed by atoms with Crippen molar-refractivity contribution in [2.24, 2.45) is 34.5 Å². The molecule has 42 heavy (non-hydrogen) atoms. The average molecular weight is 591 g/mol. The standard InChI is InChI=1S/C31H42O11/c1-15-8-24(34)31(37)27(39-15)41-21-10-18-4-5-20-19(29(18,14-32)11-22(21)42-31)6-7-28(3)26(17-9-25(35)38-13-17)23(40-16(2)33)12-30(20,28)36/h9,14-15,18-24,26-27,34,36-37H,4-8,10-13H2,1-3H3/t15-,18-,19-,20-,21-,22+,23-,24-,26+,27-,28-,29-,30-,31-/m0/s1. The fourth-order valence-corrected chi connectivity index (χ4v) is 10.6. The van der Waals surface area contributed by atoms with E-state index in [-0.39, 0.29) is 49.2 Å². The summed E-state index contributed by atoms with van der Waals surface area (Å²) in [5.74, 6) is -3.69. The summed E-state index contributed by atoms with van der Waals surface area (Å²) in [5, 5.41) is 34.8. The van der Waals surface area contributed by atoms with Crippen molar-refractivity contribution in [1.82, 2.24) is 0 Å². The highest BCUT2D eigenvalue weighted by Gasteiger charge is 2.73. The van der Waals surface area contributed by atoms with E-state index < -0.39 is 64.9 Å². The minimum atomic E-state index is -2.02. The minimum Gasteiger partial charge on any atom is -0.462 e. The van der Waals surface area contributed by atoms with E-state index >= 15 is 0 Å². The first kappa shape index (κ1) is 28.9. The van der Waals surface area contributed by atoms with Crippen molar-refractivity contribution >= 4 is 18.2 Å². The largest absolute Gasteiger partial charge is 0.462 e. The molecule has 11 nitrogen and oxygen atoms in total. The molecule has 7 rings (SSSR count). The van der Waals surface area contributed by atoms with E-state index in [2.05, 4.69) is 0 Å². The first-order chi connectivity index (χ1) is 19.8. The Kier molecular flexibility index (Phi) is 6.56. The Hall–Kier alpha value is -1.89. The van der Waals surface area contributed by atoms with Crippen LogP contribution in [0.25, 0.3) is 0 Å². The summed E-state index contributed by atoms with van der Waals surface area (Å²) in [6.45, 7) is 5.30. The molecule has 4 saturated carbocycles. The zero-order valence-corrected chi connectivity index (χ0v) is 24.4. The van der Waals surface area contributed by atoms with Crippen LogP contribution >= 0.6 is 0 Å². The Morgan fingerprint density at radius 2 is 1.88 bits per heavy atom. The van der Waals surface area contributed by atoms with Crippen LogP contribution in [0.3, 0.4) is 0 Å². The number of esters is 2. The van der Waals surface area contributed by atoms with Gasteiger partial charge in [-0.25, -0.2) is 4.79 Å². The van der Waals surface area contributed by atoms with Crippen molar-refractivity contribution in [3.05, 3.63) is 11.6 Å². The Bertz CT molecular complexity index is 1200. The predicted molar refractivity (Wildman–Crippen MR) is 142 cm³/mol. The Labute approximate surface area is 244 Å². The second-order valence-corrected chi connectivity index (χ2v) is 14.3. The van der Waals surface area contributed by atoms with Gasteiger partial charge in [0, 0.05) is 42.6 Å². The molecule has 0 aromatic heterocycles. The molecule has 3 heterocycles. The molecule has 14 atom stereocenters. The van der Waals surface area contributed by atoms with Crippen LogP contribution in [0, 0.1) is 34.5 Å².